The summed E-state index contributed by atoms with van der Waals surface area (Å²) < 4.78 is 0. The highest BCUT2D eigenvalue weighted by molar-refractivity contribution is 6.30. The fraction of sp³-hybridized carbons (Fsp3) is 0.333. The molecule has 1 aromatic rings. The summed E-state index contributed by atoms with van der Waals surface area (Å²) >= 11 is 5.69. The van der Waals surface area contributed by atoms with Crippen LogP contribution in [0.1, 0.15) is 12.5 Å². The van der Waals surface area contributed by atoms with Crippen molar-refractivity contribution in [2.45, 2.75) is 18.8 Å². The van der Waals surface area contributed by atoms with Crippen LogP contribution in [-0.4, -0.2) is 33.8 Å². The summed E-state index contributed by atoms with van der Waals surface area (Å²) in [6.07, 6.45) is 0. The van der Waals surface area contributed by atoms with Gasteiger partial charge in [0, 0.05) is 6.54 Å². The predicted molar refractivity (Wildman–Crippen MR) is 64.8 cm³/mol. The molecule has 17 heavy (non-hydrogen) atoms. The van der Waals surface area contributed by atoms with Gasteiger partial charge in [-0.05, 0) is 12.5 Å². The summed E-state index contributed by atoms with van der Waals surface area (Å²) in [6.45, 7) is 1.44. The van der Waals surface area contributed by atoms with Crippen molar-refractivity contribution in [1.29, 1.82) is 0 Å². The number of alkyl halides is 1. The number of carboxylic acid groups (broad SMARTS) is 1. The molecule has 1 atom stereocenters. The van der Waals surface area contributed by atoms with Gasteiger partial charge in [-0.2, -0.15) is 0 Å². The third-order valence-electron chi connectivity index (χ3n) is 2.19. The number of amides is 1. The molecular weight excluding hydrogens is 242 g/mol. The van der Waals surface area contributed by atoms with Gasteiger partial charge in [0.1, 0.15) is 11.9 Å². The SMILES string of the molecule is CC(Cl)C(=O)N(CC(=O)O)Cc1ccccc1. The average Bonchev–Trinajstić information content (AvgIpc) is 2.28. The molecule has 0 fully saturated rings. The van der Waals surface area contributed by atoms with Gasteiger partial charge in [-0.3, -0.25) is 9.59 Å². The van der Waals surface area contributed by atoms with Crippen molar-refractivity contribution in [3.8, 4) is 0 Å². The molecule has 5 heteroatoms. The van der Waals surface area contributed by atoms with Crippen molar-refractivity contribution in [1.82, 2.24) is 4.90 Å². The van der Waals surface area contributed by atoms with Crippen LogP contribution >= 0.6 is 11.6 Å². The van der Waals surface area contributed by atoms with E-state index in [0.29, 0.717) is 0 Å². The second-order valence-corrected chi connectivity index (χ2v) is 4.34. The predicted octanol–water partition coefficient (Wildman–Crippen LogP) is 1.73. The molecule has 1 N–H and O–H groups in total. The van der Waals surface area contributed by atoms with Gasteiger partial charge in [-0.1, -0.05) is 30.3 Å². The number of nitrogens with zero attached hydrogens (tertiary/aromatic N) is 1. The Morgan fingerprint density at radius 1 is 1.35 bits per heavy atom. The Hall–Kier alpha value is -1.55. The zero-order valence-corrected chi connectivity index (χ0v) is 10.2. The second kappa shape index (κ2) is 6.25. The van der Waals surface area contributed by atoms with E-state index in [1.807, 2.05) is 30.3 Å². The third kappa shape index (κ3) is 4.44. The number of carbonyl (C=O) groups excluding carboxylic acids is 1. The average molecular weight is 256 g/mol. The van der Waals surface area contributed by atoms with E-state index in [4.69, 9.17) is 16.7 Å². The van der Waals surface area contributed by atoms with Crippen molar-refractivity contribution in [2.24, 2.45) is 0 Å². The first-order valence-corrected chi connectivity index (χ1v) is 5.63. The normalized spacial score (nSPS) is 11.9. The topological polar surface area (TPSA) is 57.6 Å². The highest BCUT2D eigenvalue weighted by atomic mass is 35.5. The molecular formula is C12H14ClNO3. The molecule has 0 aliphatic heterocycles. The minimum absolute atomic E-state index is 0.253. The van der Waals surface area contributed by atoms with Crippen LogP contribution in [0.25, 0.3) is 0 Å². The minimum Gasteiger partial charge on any atom is -0.480 e. The Morgan fingerprint density at radius 3 is 2.41 bits per heavy atom. The first kappa shape index (κ1) is 13.5. The summed E-state index contributed by atoms with van der Waals surface area (Å²) in [5, 5.41) is 8.03. The van der Waals surface area contributed by atoms with Crippen LogP contribution < -0.4 is 0 Å². The molecule has 0 aromatic heterocycles. The molecule has 1 aromatic carbocycles. The lowest BCUT2D eigenvalue weighted by molar-refractivity contribution is -0.144. The van der Waals surface area contributed by atoms with Gasteiger partial charge < -0.3 is 10.0 Å². The van der Waals surface area contributed by atoms with E-state index in [1.54, 1.807) is 0 Å². The van der Waals surface area contributed by atoms with Crippen LogP contribution in [0.4, 0.5) is 0 Å². The van der Waals surface area contributed by atoms with E-state index >= 15 is 0 Å². The van der Waals surface area contributed by atoms with Crippen molar-refractivity contribution < 1.29 is 14.7 Å². The highest BCUT2D eigenvalue weighted by Gasteiger charge is 2.20. The maximum absolute atomic E-state index is 11.7. The number of rotatable bonds is 5. The van der Waals surface area contributed by atoms with Crippen LogP contribution in [0.15, 0.2) is 30.3 Å². The molecule has 0 saturated heterocycles. The Balaban J connectivity index is 2.77. The Morgan fingerprint density at radius 2 is 1.94 bits per heavy atom. The lowest BCUT2D eigenvalue weighted by atomic mass is 10.2. The van der Waals surface area contributed by atoms with E-state index in [2.05, 4.69) is 0 Å². The molecule has 1 amide bonds. The van der Waals surface area contributed by atoms with Crippen molar-refractivity contribution >= 4 is 23.5 Å². The van der Waals surface area contributed by atoms with Crippen LogP contribution in [0, 0.1) is 0 Å². The zero-order chi connectivity index (χ0) is 12.8. The van der Waals surface area contributed by atoms with Gasteiger partial charge in [0.15, 0.2) is 0 Å². The minimum atomic E-state index is -1.05. The fourth-order valence-corrected chi connectivity index (χ4v) is 1.57. The molecule has 0 aliphatic carbocycles. The highest BCUT2D eigenvalue weighted by Crippen LogP contribution is 2.08. The van der Waals surface area contributed by atoms with E-state index in [9.17, 15) is 9.59 Å². The Bertz CT molecular complexity index is 392. The summed E-state index contributed by atoms with van der Waals surface area (Å²) in [7, 11) is 0. The molecule has 0 bridgehead atoms. The summed E-state index contributed by atoms with van der Waals surface area (Å²) in [5.41, 5.74) is 0.874. The number of hydrogen-bond donors (Lipinski definition) is 1. The first-order chi connectivity index (χ1) is 8.00. The molecule has 1 rings (SSSR count). The fourth-order valence-electron chi connectivity index (χ4n) is 1.43. The van der Waals surface area contributed by atoms with E-state index in [-0.39, 0.29) is 19.0 Å². The number of aliphatic carboxylic acids is 1. The maximum Gasteiger partial charge on any atom is 0.323 e. The Labute approximate surface area is 105 Å². The number of halogens is 1. The molecule has 0 aliphatic rings. The van der Waals surface area contributed by atoms with Gasteiger partial charge in [0.2, 0.25) is 5.91 Å². The first-order valence-electron chi connectivity index (χ1n) is 5.19. The van der Waals surface area contributed by atoms with E-state index < -0.39 is 11.3 Å². The molecule has 0 spiro atoms. The van der Waals surface area contributed by atoms with Crippen LogP contribution in [-0.2, 0) is 16.1 Å². The summed E-state index contributed by atoms with van der Waals surface area (Å²) in [5.74, 6) is -1.43. The van der Waals surface area contributed by atoms with Crippen molar-refractivity contribution in [2.75, 3.05) is 6.54 Å². The smallest absolute Gasteiger partial charge is 0.323 e. The second-order valence-electron chi connectivity index (χ2n) is 3.69. The number of carbonyl (C=O) groups is 2. The van der Waals surface area contributed by atoms with Gasteiger partial charge >= 0.3 is 5.97 Å². The molecule has 0 radical (unpaired) electrons. The van der Waals surface area contributed by atoms with Crippen LogP contribution in [0.5, 0.6) is 0 Å². The molecule has 4 nitrogen and oxygen atoms in total. The molecule has 0 saturated carbocycles. The van der Waals surface area contributed by atoms with E-state index in [0.717, 1.165) is 5.56 Å². The molecule has 0 heterocycles. The van der Waals surface area contributed by atoms with Gasteiger partial charge in [0.25, 0.3) is 0 Å². The summed E-state index contributed by atoms with van der Waals surface area (Å²) in [4.78, 5) is 23.6. The molecule has 1 unspecified atom stereocenters. The monoisotopic (exact) mass is 255 g/mol. The van der Waals surface area contributed by atoms with Gasteiger partial charge in [-0.25, -0.2) is 0 Å². The lowest BCUT2D eigenvalue weighted by Crippen LogP contribution is -2.38. The Kier molecular flexibility index (Phi) is 4.97. The number of hydrogen-bond acceptors (Lipinski definition) is 2. The summed E-state index contributed by atoms with van der Waals surface area (Å²) in [6, 6.07) is 9.20. The van der Waals surface area contributed by atoms with Gasteiger partial charge in [-0.15, -0.1) is 11.6 Å². The van der Waals surface area contributed by atoms with Gasteiger partial charge in [0.05, 0.1) is 0 Å². The van der Waals surface area contributed by atoms with Crippen LogP contribution in [0.3, 0.4) is 0 Å². The van der Waals surface area contributed by atoms with Crippen LogP contribution in [0.2, 0.25) is 0 Å². The number of carboxylic acids is 1. The molecule has 92 valence electrons. The third-order valence-corrected chi connectivity index (χ3v) is 2.38. The quantitative estimate of drug-likeness (QED) is 0.815. The largest absolute Gasteiger partial charge is 0.480 e. The standard InChI is InChI=1S/C12H14ClNO3/c1-9(13)12(17)14(8-11(15)16)7-10-5-3-2-4-6-10/h2-6,9H,7-8H2,1H3,(H,15,16). The van der Waals surface area contributed by atoms with Crippen molar-refractivity contribution in [3.05, 3.63) is 35.9 Å². The van der Waals surface area contributed by atoms with Crippen molar-refractivity contribution in [3.63, 3.8) is 0 Å². The lowest BCUT2D eigenvalue weighted by Gasteiger charge is -2.21. The van der Waals surface area contributed by atoms with E-state index in [1.165, 1.54) is 11.8 Å². The zero-order valence-electron chi connectivity index (χ0n) is 9.47. The maximum atomic E-state index is 11.7. The number of benzene rings is 1.